The van der Waals surface area contributed by atoms with Gasteiger partial charge in [0.2, 0.25) is 11.8 Å². The van der Waals surface area contributed by atoms with Crippen LogP contribution in [0.1, 0.15) is 34.1 Å². The van der Waals surface area contributed by atoms with Gasteiger partial charge in [0.25, 0.3) is 0 Å². The van der Waals surface area contributed by atoms with Crippen molar-refractivity contribution in [1.82, 2.24) is 10.6 Å². The molecule has 0 spiro atoms. The molecule has 0 bridgehead atoms. The molecule has 0 heterocycles. The minimum absolute atomic E-state index is 0.145. The number of nitrogens with zero attached hydrogens (tertiary/aromatic N) is 1. The molecule has 0 aromatic rings. The van der Waals surface area contributed by atoms with Gasteiger partial charge in [-0.1, -0.05) is 6.92 Å². The van der Waals surface area contributed by atoms with E-state index in [0.717, 1.165) is 0 Å². The molecule has 0 saturated carbocycles. The summed E-state index contributed by atoms with van der Waals surface area (Å²) in [6, 6.07) is 1.99. The molecule has 1 atom stereocenters. The van der Waals surface area contributed by atoms with Crippen molar-refractivity contribution in [3.63, 3.8) is 0 Å². The first-order valence-electron chi connectivity index (χ1n) is 5.65. The van der Waals surface area contributed by atoms with Gasteiger partial charge < -0.3 is 10.6 Å². The van der Waals surface area contributed by atoms with E-state index in [4.69, 9.17) is 5.26 Å². The fourth-order valence-electron chi connectivity index (χ4n) is 1.21. The summed E-state index contributed by atoms with van der Waals surface area (Å²) >= 11 is 0. The highest BCUT2D eigenvalue weighted by Crippen LogP contribution is 2.21. The Morgan fingerprint density at radius 1 is 1.24 bits per heavy atom. The zero-order valence-corrected chi connectivity index (χ0v) is 11.2. The Hall–Kier alpha value is -1.57. The van der Waals surface area contributed by atoms with Crippen molar-refractivity contribution in [2.75, 3.05) is 13.6 Å². The van der Waals surface area contributed by atoms with Crippen molar-refractivity contribution in [3.8, 4) is 6.07 Å². The Kier molecular flexibility index (Phi) is 5.14. The highest BCUT2D eigenvalue weighted by Gasteiger charge is 2.34. The number of amides is 2. The van der Waals surface area contributed by atoms with E-state index in [0.29, 0.717) is 6.42 Å². The topological polar surface area (TPSA) is 82.0 Å². The number of rotatable bonds is 5. The quantitative estimate of drug-likeness (QED) is 0.745. The molecule has 2 amide bonds. The number of carbonyl (C=O) groups excluding carboxylic acids is 2. The lowest BCUT2D eigenvalue weighted by Crippen LogP contribution is -2.47. The SMILES string of the molecule is CCC(C)(C#N)C(=O)NCC(C)(C)C(=O)NC. The predicted molar refractivity (Wildman–Crippen MR) is 64.9 cm³/mol. The second-order valence-electron chi connectivity index (χ2n) is 4.94. The highest BCUT2D eigenvalue weighted by molar-refractivity contribution is 5.86. The van der Waals surface area contributed by atoms with Crippen LogP contribution in [0.5, 0.6) is 0 Å². The third-order valence-electron chi connectivity index (χ3n) is 2.99. The Morgan fingerprint density at radius 3 is 2.12 bits per heavy atom. The second kappa shape index (κ2) is 5.67. The van der Waals surface area contributed by atoms with Gasteiger partial charge in [0.15, 0.2) is 0 Å². The maximum absolute atomic E-state index is 11.8. The number of nitrogens with one attached hydrogen (secondary N) is 2. The summed E-state index contributed by atoms with van der Waals surface area (Å²) < 4.78 is 0. The Balaban J connectivity index is 4.55. The van der Waals surface area contributed by atoms with Crippen LogP contribution in [0.25, 0.3) is 0 Å². The Morgan fingerprint density at radius 2 is 1.76 bits per heavy atom. The molecular formula is C12H21N3O2. The highest BCUT2D eigenvalue weighted by atomic mass is 16.2. The minimum atomic E-state index is -1.03. The summed E-state index contributed by atoms with van der Waals surface area (Å²) in [7, 11) is 1.55. The molecule has 0 radical (unpaired) electrons. The number of hydrogen-bond acceptors (Lipinski definition) is 3. The molecule has 0 rings (SSSR count). The zero-order valence-electron chi connectivity index (χ0n) is 11.2. The van der Waals surface area contributed by atoms with Gasteiger partial charge in [0.05, 0.1) is 11.5 Å². The van der Waals surface area contributed by atoms with Crippen LogP contribution in [0.2, 0.25) is 0 Å². The van der Waals surface area contributed by atoms with Crippen molar-refractivity contribution in [2.24, 2.45) is 10.8 Å². The lowest BCUT2D eigenvalue weighted by molar-refractivity contribution is -0.131. The lowest BCUT2D eigenvalue weighted by Gasteiger charge is -2.25. The lowest BCUT2D eigenvalue weighted by atomic mass is 9.87. The van der Waals surface area contributed by atoms with E-state index in [1.165, 1.54) is 0 Å². The van der Waals surface area contributed by atoms with E-state index in [1.54, 1.807) is 34.7 Å². The average molecular weight is 239 g/mol. The maximum Gasteiger partial charge on any atom is 0.240 e. The Labute approximate surface area is 103 Å². The average Bonchev–Trinajstić information content (AvgIpc) is 2.33. The monoisotopic (exact) mass is 239 g/mol. The van der Waals surface area contributed by atoms with E-state index < -0.39 is 10.8 Å². The predicted octanol–water partition coefficient (Wildman–Crippen LogP) is 0.815. The molecule has 0 fully saturated rings. The van der Waals surface area contributed by atoms with Gasteiger partial charge in [-0.2, -0.15) is 5.26 Å². The molecule has 0 aromatic heterocycles. The third kappa shape index (κ3) is 3.74. The molecular weight excluding hydrogens is 218 g/mol. The van der Waals surface area contributed by atoms with Crippen molar-refractivity contribution in [1.29, 1.82) is 5.26 Å². The number of carbonyl (C=O) groups is 2. The molecule has 2 N–H and O–H groups in total. The van der Waals surface area contributed by atoms with Gasteiger partial charge in [-0.3, -0.25) is 9.59 Å². The first kappa shape index (κ1) is 15.4. The van der Waals surface area contributed by atoms with Crippen molar-refractivity contribution in [2.45, 2.75) is 34.1 Å². The van der Waals surface area contributed by atoms with Crippen molar-refractivity contribution < 1.29 is 9.59 Å². The van der Waals surface area contributed by atoms with Crippen LogP contribution in [0, 0.1) is 22.2 Å². The molecule has 0 aliphatic heterocycles. The molecule has 0 aromatic carbocycles. The van der Waals surface area contributed by atoms with Gasteiger partial charge in [0.1, 0.15) is 5.41 Å². The molecule has 17 heavy (non-hydrogen) atoms. The normalized spacial score (nSPS) is 14.4. The largest absolute Gasteiger partial charge is 0.359 e. The molecule has 0 aliphatic carbocycles. The fourth-order valence-corrected chi connectivity index (χ4v) is 1.21. The van der Waals surface area contributed by atoms with E-state index in [2.05, 4.69) is 10.6 Å². The van der Waals surface area contributed by atoms with Gasteiger partial charge in [0, 0.05) is 13.6 Å². The second-order valence-corrected chi connectivity index (χ2v) is 4.94. The summed E-state index contributed by atoms with van der Waals surface area (Å²) in [5, 5.41) is 14.1. The van der Waals surface area contributed by atoms with Crippen LogP contribution in [0.4, 0.5) is 0 Å². The van der Waals surface area contributed by atoms with E-state index in [-0.39, 0.29) is 18.4 Å². The van der Waals surface area contributed by atoms with Gasteiger partial charge in [-0.25, -0.2) is 0 Å². The summed E-state index contributed by atoms with van der Waals surface area (Å²) in [5.74, 6) is -0.479. The molecule has 0 saturated heterocycles. The van der Waals surface area contributed by atoms with Gasteiger partial charge in [-0.05, 0) is 27.2 Å². The van der Waals surface area contributed by atoms with Crippen LogP contribution < -0.4 is 10.6 Å². The number of hydrogen-bond donors (Lipinski definition) is 2. The third-order valence-corrected chi connectivity index (χ3v) is 2.99. The van der Waals surface area contributed by atoms with Gasteiger partial charge in [-0.15, -0.1) is 0 Å². The minimum Gasteiger partial charge on any atom is -0.359 e. The smallest absolute Gasteiger partial charge is 0.240 e. The molecule has 96 valence electrons. The van der Waals surface area contributed by atoms with E-state index >= 15 is 0 Å². The summed E-state index contributed by atoms with van der Waals surface area (Å²) in [4.78, 5) is 23.3. The first-order valence-corrected chi connectivity index (χ1v) is 5.65. The molecule has 5 heteroatoms. The molecule has 1 unspecified atom stereocenters. The number of nitriles is 1. The first-order chi connectivity index (χ1) is 7.73. The summed E-state index contributed by atoms with van der Waals surface area (Å²) in [6.45, 7) is 7.06. The molecule has 5 nitrogen and oxygen atoms in total. The Bertz CT molecular complexity index is 344. The van der Waals surface area contributed by atoms with Crippen LogP contribution in [-0.4, -0.2) is 25.4 Å². The zero-order chi connectivity index (χ0) is 13.7. The van der Waals surface area contributed by atoms with Crippen molar-refractivity contribution >= 4 is 11.8 Å². The summed E-state index contributed by atoms with van der Waals surface area (Å²) in [5.41, 5.74) is -1.71. The van der Waals surface area contributed by atoms with Crippen LogP contribution in [0.15, 0.2) is 0 Å². The van der Waals surface area contributed by atoms with Crippen LogP contribution in [-0.2, 0) is 9.59 Å². The van der Waals surface area contributed by atoms with Gasteiger partial charge >= 0.3 is 0 Å². The van der Waals surface area contributed by atoms with E-state index in [1.807, 2.05) is 6.07 Å². The van der Waals surface area contributed by atoms with Crippen LogP contribution >= 0.6 is 0 Å². The van der Waals surface area contributed by atoms with Crippen LogP contribution in [0.3, 0.4) is 0 Å². The van der Waals surface area contributed by atoms with E-state index in [9.17, 15) is 9.59 Å². The summed E-state index contributed by atoms with van der Waals surface area (Å²) in [6.07, 6.45) is 0.440. The van der Waals surface area contributed by atoms with Crippen molar-refractivity contribution in [3.05, 3.63) is 0 Å². The standard InChI is InChI=1S/C12H21N3O2/c1-6-12(4,7-13)10(17)15-8-11(2,3)9(16)14-5/h6,8H2,1-5H3,(H,14,16)(H,15,17). The fraction of sp³-hybridized carbons (Fsp3) is 0.750. The molecule has 0 aliphatic rings. The maximum atomic E-state index is 11.8.